The second-order valence-electron chi connectivity index (χ2n) is 7.34. The van der Waals surface area contributed by atoms with Crippen LogP contribution in [0.4, 0.5) is 15.8 Å². The Hall–Kier alpha value is -4.12. The Morgan fingerprint density at radius 3 is 2.18 bits per heavy atom. The number of amides is 1. The van der Waals surface area contributed by atoms with Crippen molar-refractivity contribution in [3.8, 4) is 0 Å². The van der Waals surface area contributed by atoms with Crippen LogP contribution in [-0.2, 0) is 14.8 Å². The molecule has 0 aromatic heterocycles. The van der Waals surface area contributed by atoms with E-state index < -0.39 is 33.2 Å². The Morgan fingerprint density at radius 1 is 1.03 bits per heavy atom. The number of anilines is 1. The molecule has 0 bridgehead atoms. The number of rotatable bonds is 8. The molecule has 0 aliphatic rings. The molecule has 176 valence electrons. The molecule has 1 N–H and O–H groups in total. The first-order chi connectivity index (χ1) is 16.1. The van der Waals surface area contributed by atoms with Crippen LogP contribution in [0, 0.1) is 22.9 Å². The first kappa shape index (κ1) is 24.5. The van der Waals surface area contributed by atoms with Gasteiger partial charge in [-0.2, -0.15) is 5.10 Å². The highest BCUT2D eigenvalue weighted by atomic mass is 32.2. The summed E-state index contributed by atoms with van der Waals surface area (Å²) in [6.45, 7) is 2.79. The second-order valence-corrected chi connectivity index (χ2v) is 9.20. The minimum atomic E-state index is -4.14. The van der Waals surface area contributed by atoms with E-state index in [1.54, 1.807) is 19.1 Å². The van der Waals surface area contributed by atoms with Crippen molar-refractivity contribution >= 4 is 33.0 Å². The topological polar surface area (TPSA) is 122 Å². The molecule has 3 aromatic carbocycles. The zero-order chi connectivity index (χ0) is 24.9. The maximum absolute atomic E-state index is 13.4. The van der Waals surface area contributed by atoms with Gasteiger partial charge in [0.15, 0.2) is 0 Å². The molecule has 3 aromatic rings. The van der Waals surface area contributed by atoms with Crippen LogP contribution in [0.1, 0.15) is 18.1 Å². The van der Waals surface area contributed by atoms with Gasteiger partial charge in [0.25, 0.3) is 21.6 Å². The van der Waals surface area contributed by atoms with Crippen molar-refractivity contribution in [2.45, 2.75) is 18.7 Å². The number of carbonyl (C=O) groups is 1. The molecular weight excluding hydrogens is 463 g/mol. The van der Waals surface area contributed by atoms with E-state index in [9.17, 15) is 27.7 Å². The lowest BCUT2D eigenvalue weighted by Crippen LogP contribution is -2.39. The third-order valence-corrected chi connectivity index (χ3v) is 6.64. The van der Waals surface area contributed by atoms with Crippen molar-refractivity contribution in [3.05, 3.63) is 99.9 Å². The van der Waals surface area contributed by atoms with Crippen molar-refractivity contribution < 1.29 is 22.5 Å². The van der Waals surface area contributed by atoms with Gasteiger partial charge in [-0.15, -0.1) is 0 Å². The van der Waals surface area contributed by atoms with Gasteiger partial charge in [0, 0.05) is 12.1 Å². The molecule has 11 heteroatoms. The standard InChI is InChI=1S/C23H21FN4O5S/c1-16-3-13-22(14-4-16)34(32,33)27(20-11-7-19(24)8-12-20)15-23(29)26-25-17(2)18-5-9-21(10-6-18)28(30)31/h3-14H,15H2,1-2H3,(H,26,29)/b25-17-. The number of non-ortho nitro benzene ring substituents is 1. The zero-order valence-electron chi connectivity index (χ0n) is 18.3. The number of nitrogens with one attached hydrogen (secondary N) is 1. The van der Waals surface area contributed by atoms with Gasteiger partial charge in [-0.05, 0) is 67.9 Å². The van der Waals surface area contributed by atoms with Crippen molar-refractivity contribution in [1.82, 2.24) is 5.43 Å². The average molecular weight is 485 g/mol. The number of carbonyl (C=O) groups excluding carboxylic acids is 1. The molecule has 0 radical (unpaired) electrons. The molecule has 0 saturated carbocycles. The third-order valence-electron chi connectivity index (χ3n) is 4.86. The van der Waals surface area contributed by atoms with Crippen LogP contribution >= 0.6 is 0 Å². The summed E-state index contributed by atoms with van der Waals surface area (Å²) in [4.78, 5) is 22.8. The predicted octanol–water partition coefficient (Wildman–Crippen LogP) is 3.78. The highest BCUT2D eigenvalue weighted by Gasteiger charge is 2.27. The van der Waals surface area contributed by atoms with E-state index in [0.29, 0.717) is 11.3 Å². The Bertz CT molecular complexity index is 1320. The minimum Gasteiger partial charge on any atom is -0.271 e. The van der Waals surface area contributed by atoms with E-state index in [-0.39, 0.29) is 16.3 Å². The lowest BCUT2D eigenvalue weighted by Gasteiger charge is -2.23. The monoisotopic (exact) mass is 484 g/mol. The third kappa shape index (κ3) is 5.81. The van der Waals surface area contributed by atoms with Crippen LogP contribution in [0.15, 0.2) is 82.8 Å². The summed E-state index contributed by atoms with van der Waals surface area (Å²) in [7, 11) is -4.14. The molecular formula is C23H21FN4O5S. The number of sulfonamides is 1. The number of halogens is 1. The van der Waals surface area contributed by atoms with Crippen molar-refractivity contribution in [2.24, 2.45) is 5.10 Å². The number of nitrogens with zero attached hydrogens (tertiary/aromatic N) is 3. The summed E-state index contributed by atoms with van der Waals surface area (Å²) < 4.78 is 40.8. The lowest BCUT2D eigenvalue weighted by atomic mass is 10.1. The van der Waals surface area contributed by atoms with Gasteiger partial charge in [-0.3, -0.25) is 19.2 Å². The number of hydrogen-bond donors (Lipinski definition) is 1. The van der Waals surface area contributed by atoms with Gasteiger partial charge in [-0.25, -0.2) is 18.2 Å². The number of aryl methyl sites for hydroxylation is 1. The van der Waals surface area contributed by atoms with Crippen molar-refractivity contribution in [3.63, 3.8) is 0 Å². The molecule has 9 nitrogen and oxygen atoms in total. The zero-order valence-corrected chi connectivity index (χ0v) is 19.1. The Balaban J connectivity index is 1.83. The number of nitro benzene ring substituents is 1. The Morgan fingerprint density at radius 2 is 1.62 bits per heavy atom. The van der Waals surface area contributed by atoms with E-state index in [1.165, 1.54) is 48.5 Å². The largest absolute Gasteiger partial charge is 0.271 e. The molecule has 0 unspecified atom stereocenters. The molecule has 34 heavy (non-hydrogen) atoms. The molecule has 0 aliphatic heterocycles. The predicted molar refractivity (Wildman–Crippen MR) is 126 cm³/mol. The number of nitro groups is 1. The molecule has 0 aliphatic carbocycles. The Labute approximate surface area is 195 Å². The number of benzene rings is 3. The summed E-state index contributed by atoms with van der Waals surface area (Å²) in [5, 5.41) is 14.7. The minimum absolute atomic E-state index is 0.0270. The van der Waals surface area contributed by atoms with Crippen LogP contribution in [-0.4, -0.2) is 31.5 Å². The van der Waals surface area contributed by atoms with Crippen LogP contribution in [0.3, 0.4) is 0 Å². The van der Waals surface area contributed by atoms with Gasteiger partial charge < -0.3 is 0 Å². The molecule has 0 spiro atoms. The first-order valence-electron chi connectivity index (χ1n) is 10.0. The maximum Gasteiger partial charge on any atom is 0.269 e. The summed E-state index contributed by atoms with van der Waals surface area (Å²) in [5.41, 5.74) is 4.07. The average Bonchev–Trinajstić information content (AvgIpc) is 2.82. The second kappa shape index (κ2) is 10.2. The van der Waals surface area contributed by atoms with Gasteiger partial charge in [0.1, 0.15) is 12.4 Å². The van der Waals surface area contributed by atoms with E-state index in [1.807, 2.05) is 6.92 Å². The molecule has 0 atom stereocenters. The number of hydrazone groups is 1. The molecule has 0 fully saturated rings. The first-order valence-corrected chi connectivity index (χ1v) is 11.4. The highest BCUT2D eigenvalue weighted by Crippen LogP contribution is 2.24. The summed E-state index contributed by atoms with van der Waals surface area (Å²) >= 11 is 0. The normalized spacial score (nSPS) is 11.7. The van der Waals surface area contributed by atoms with Crippen LogP contribution in [0.2, 0.25) is 0 Å². The fraction of sp³-hybridized carbons (Fsp3) is 0.130. The van der Waals surface area contributed by atoms with Gasteiger partial charge in [-0.1, -0.05) is 17.7 Å². The van der Waals surface area contributed by atoms with Crippen LogP contribution < -0.4 is 9.73 Å². The fourth-order valence-electron chi connectivity index (χ4n) is 2.96. The lowest BCUT2D eigenvalue weighted by molar-refractivity contribution is -0.384. The van der Waals surface area contributed by atoms with Crippen molar-refractivity contribution in [1.29, 1.82) is 0 Å². The summed E-state index contributed by atoms with van der Waals surface area (Å²) in [5.74, 6) is -1.29. The smallest absolute Gasteiger partial charge is 0.269 e. The molecule has 0 saturated heterocycles. The van der Waals surface area contributed by atoms with E-state index in [4.69, 9.17) is 0 Å². The van der Waals surface area contributed by atoms with Gasteiger partial charge >= 0.3 is 0 Å². The van der Waals surface area contributed by atoms with Crippen LogP contribution in [0.25, 0.3) is 0 Å². The molecule has 3 rings (SSSR count). The molecule has 1 amide bonds. The van der Waals surface area contributed by atoms with E-state index >= 15 is 0 Å². The maximum atomic E-state index is 13.4. The Kier molecular flexibility index (Phi) is 7.37. The number of hydrogen-bond acceptors (Lipinski definition) is 6. The van der Waals surface area contributed by atoms with Gasteiger partial charge in [0.2, 0.25) is 0 Å². The van der Waals surface area contributed by atoms with E-state index in [2.05, 4.69) is 10.5 Å². The van der Waals surface area contributed by atoms with E-state index in [0.717, 1.165) is 22.0 Å². The fourth-order valence-corrected chi connectivity index (χ4v) is 4.38. The summed E-state index contributed by atoms with van der Waals surface area (Å²) in [6, 6.07) is 16.4. The quantitative estimate of drug-likeness (QED) is 0.296. The van der Waals surface area contributed by atoms with Crippen molar-refractivity contribution in [2.75, 3.05) is 10.8 Å². The molecule has 0 heterocycles. The van der Waals surface area contributed by atoms with Gasteiger partial charge in [0.05, 0.1) is 21.2 Å². The highest BCUT2D eigenvalue weighted by molar-refractivity contribution is 7.92. The van der Waals surface area contributed by atoms with Crippen LogP contribution in [0.5, 0.6) is 0 Å². The summed E-state index contributed by atoms with van der Waals surface area (Å²) in [6.07, 6.45) is 0. The SMILES string of the molecule is C/C(=N/NC(=O)CN(c1ccc(F)cc1)S(=O)(=O)c1ccc(C)cc1)c1ccc([N+](=O)[O-])cc1.